The molecule has 0 atom stereocenters. The van der Waals surface area contributed by atoms with Crippen LogP contribution < -0.4 is 0 Å². The molecule has 124 valence electrons. The molecule has 0 saturated carbocycles. The summed E-state index contributed by atoms with van der Waals surface area (Å²) in [6.45, 7) is 1.57. The van der Waals surface area contributed by atoms with Gasteiger partial charge in [0.25, 0.3) is 0 Å². The lowest BCUT2D eigenvalue weighted by molar-refractivity contribution is -0.146. The Balaban J connectivity index is 3.29. The third-order valence-corrected chi connectivity index (χ3v) is 3.57. The van der Waals surface area contributed by atoms with Gasteiger partial charge in [0.2, 0.25) is 5.79 Å². The Morgan fingerprint density at radius 2 is 1.29 bits per heavy atom. The quantitative estimate of drug-likeness (QED) is 0.257. The van der Waals surface area contributed by atoms with E-state index in [4.69, 9.17) is 15.3 Å². The summed E-state index contributed by atoms with van der Waals surface area (Å²) < 4.78 is 0. The summed E-state index contributed by atoms with van der Waals surface area (Å²) in [5.41, 5.74) is 0. The van der Waals surface area contributed by atoms with E-state index in [1.807, 2.05) is 6.08 Å². The fraction of sp³-hybridized carbons (Fsp3) is 0.778. The van der Waals surface area contributed by atoms with Crippen LogP contribution in [0.25, 0.3) is 0 Å². The first-order valence-corrected chi connectivity index (χ1v) is 8.52. The Kier molecular flexibility index (Phi) is 13.9. The first kappa shape index (κ1) is 20.4. The molecule has 3 N–H and O–H groups in total. The molecular formula is C18H34O3. The van der Waals surface area contributed by atoms with Crippen molar-refractivity contribution in [1.82, 2.24) is 0 Å². The minimum atomic E-state index is -2.10. The Labute approximate surface area is 130 Å². The highest BCUT2D eigenvalue weighted by Crippen LogP contribution is 2.11. The molecule has 0 rings (SSSR count). The van der Waals surface area contributed by atoms with Crippen LogP contribution in [0.4, 0.5) is 0 Å². The van der Waals surface area contributed by atoms with Crippen LogP contribution in [0, 0.1) is 0 Å². The largest absolute Gasteiger partial charge is 0.390 e. The van der Waals surface area contributed by atoms with Gasteiger partial charge in [0.1, 0.15) is 6.61 Å². The van der Waals surface area contributed by atoms with E-state index in [1.54, 1.807) is 12.2 Å². The highest BCUT2D eigenvalue weighted by atomic mass is 16.5. The van der Waals surface area contributed by atoms with Crippen molar-refractivity contribution in [3.8, 4) is 0 Å². The number of aliphatic hydroxyl groups is 3. The van der Waals surface area contributed by atoms with Gasteiger partial charge in [0, 0.05) is 0 Å². The molecule has 0 spiro atoms. The monoisotopic (exact) mass is 298 g/mol. The van der Waals surface area contributed by atoms with Gasteiger partial charge in [-0.15, -0.1) is 0 Å². The van der Waals surface area contributed by atoms with Crippen molar-refractivity contribution in [2.24, 2.45) is 0 Å². The maximum absolute atomic E-state index is 9.10. The van der Waals surface area contributed by atoms with Crippen LogP contribution in [0.3, 0.4) is 0 Å². The van der Waals surface area contributed by atoms with E-state index in [0.717, 1.165) is 6.42 Å². The van der Waals surface area contributed by atoms with Crippen molar-refractivity contribution in [2.45, 2.75) is 83.3 Å². The van der Waals surface area contributed by atoms with Crippen molar-refractivity contribution in [2.75, 3.05) is 6.61 Å². The summed E-state index contributed by atoms with van der Waals surface area (Å²) in [7, 11) is 0. The average molecular weight is 298 g/mol. The molecule has 21 heavy (non-hydrogen) atoms. The minimum Gasteiger partial charge on any atom is -0.390 e. The van der Waals surface area contributed by atoms with Gasteiger partial charge in [-0.3, -0.25) is 0 Å². The highest BCUT2D eigenvalue weighted by Gasteiger charge is 2.15. The van der Waals surface area contributed by atoms with Crippen molar-refractivity contribution >= 4 is 0 Å². The Morgan fingerprint density at radius 1 is 0.762 bits per heavy atom. The summed E-state index contributed by atoms with van der Waals surface area (Å²) in [6.07, 6.45) is 21.0. The van der Waals surface area contributed by atoms with Gasteiger partial charge in [-0.1, -0.05) is 82.9 Å². The van der Waals surface area contributed by atoms with E-state index in [9.17, 15) is 0 Å². The van der Waals surface area contributed by atoms with Gasteiger partial charge in [-0.05, 0) is 18.9 Å². The number of hydrogen-bond acceptors (Lipinski definition) is 3. The average Bonchev–Trinajstić information content (AvgIpc) is 2.47. The van der Waals surface area contributed by atoms with E-state index >= 15 is 0 Å². The summed E-state index contributed by atoms with van der Waals surface area (Å²) in [5, 5.41) is 26.8. The molecule has 0 aromatic carbocycles. The summed E-state index contributed by atoms with van der Waals surface area (Å²) >= 11 is 0. The third kappa shape index (κ3) is 15.6. The topological polar surface area (TPSA) is 60.7 Å². The molecule has 0 aromatic rings. The summed E-state index contributed by atoms with van der Waals surface area (Å²) in [4.78, 5) is 0. The van der Waals surface area contributed by atoms with Gasteiger partial charge in [-0.25, -0.2) is 0 Å². The number of unbranched alkanes of at least 4 members (excludes halogenated alkanes) is 10. The van der Waals surface area contributed by atoms with Gasteiger partial charge in [-0.2, -0.15) is 0 Å². The maximum atomic E-state index is 9.10. The normalized spacial score (nSPS) is 12.8. The molecule has 0 aromatic heterocycles. The fourth-order valence-electron chi connectivity index (χ4n) is 2.19. The van der Waals surface area contributed by atoms with Crippen molar-refractivity contribution in [1.29, 1.82) is 0 Å². The van der Waals surface area contributed by atoms with Crippen LogP contribution >= 0.6 is 0 Å². The van der Waals surface area contributed by atoms with E-state index < -0.39 is 12.4 Å². The van der Waals surface area contributed by atoms with Crippen LogP contribution in [0.5, 0.6) is 0 Å². The zero-order valence-electron chi connectivity index (χ0n) is 13.6. The minimum absolute atomic E-state index is 0.685. The molecule has 0 bridgehead atoms. The molecule has 0 fully saturated rings. The second kappa shape index (κ2) is 14.3. The number of aliphatic hydroxyl groups excluding tert-OH is 1. The molecule has 0 amide bonds. The standard InChI is InChI=1S/C18H34O3/c1-2-3-4-5-6-7-8-9-10-11-12-13-14-15-16-18(20,21)17-19/h13-16,19-21H,2-12,17H2,1H3. The molecule has 3 heteroatoms. The zero-order chi connectivity index (χ0) is 15.8. The van der Waals surface area contributed by atoms with Crippen molar-refractivity contribution in [3.05, 3.63) is 24.3 Å². The molecule has 0 saturated heterocycles. The number of allylic oxidation sites excluding steroid dienone is 3. The van der Waals surface area contributed by atoms with E-state index in [-0.39, 0.29) is 0 Å². The second-order valence-corrected chi connectivity index (χ2v) is 5.79. The molecule has 0 radical (unpaired) electrons. The SMILES string of the molecule is CCCCCCCCCCCCC=CC=CC(O)(O)CO. The third-order valence-electron chi connectivity index (χ3n) is 3.57. The molecule has 0 unspecified atom stereocenters. The van der Waals surface area contributed by atoms with Crippen LogP contribution in [0.15, 0.2) is 24.3 Å². The highest BCUT2D eigenvalue weighted by molar-refractivity contribution is 5.06. The van der Waals surface area contributed by atoms with Gasteiger partial charge in [0.15, 0.2) is 0 Å². The van der Waals surface area contributed by atoms with E-state index in [0.29, 0.717) is 0 Å². The Bertz CT molecular complexity index is 270. The van der Waals surface area contributed by atoms with Gasteiger partial charge < -0.3 is 15.3 Å². The predicted octanol–water partition coefficient (Wildman–Crippen LogP) is 4.08. The van der Waals surface area contributed by atoms with Gasteiger partial charge in [0.05, 0.1) is 0 Å². The molecule has 0 aliphatic heterocycles. The smallest absolute Gasteiger partial charge is 0.207 e. The lowest BCUT2D eigenvalue weighted by Crippen LogP contribution is -2.29. The second-order valence-electron chi connectivity index (χ2n) is 5.79. The Hall–Kier alpha value is -0.640. The fourth-order valence-corrected chi connectivity index (χ4v) is 2.19. The van der Waals surface area contributed by atoms with Crippen LogP contribution in [0.2, 0.25) is 0 Å². The van der Waals surface area contributed by atoms with Crippen LogP contribution in [0.1, 0.15) is 77.6 Å². The first-order valence-electron chi connectivity index (χ1n) is 8.52. The maximum Gasteiger partial charge on any atom is 0.207 e. The van der Waals surface area contributed by atoms with Crippen LogP contribution in [-0.4, -0.2) is 27.7 Å². The van der Waals surface area contributed by atoms with Crippen LogP contribution in [-0.2, 0) is 0 Å². The number of hydrogen-bond donors (Lipinski definition) is 3. The number of rotatable bonds is 14. The van der Waals surface area contributed by atoms with Crippen molar-refractivity contribution < 1.29 is 15.3 Å². The zero-order valence-corrected chi connectivity index (χ0v) is 13.6. The molecular weight excluding hydrogens is 264 g/mol. The Morgan fingerprint density at radius 3 is 1.81 bits per heavy atom. The molecule has 0 aliphatic rings. The lowest BCUT2D eigenvalue weighted by Gasteiger charge is -2.11. The van der Waals surface area contributed by atoms with Gasteiger partial charge >= 0.3 is 0 Å². The van der Waals surface area contributed by atoms with Crippen molar-refractivity contribution in [3.63, 3.8) is 0 Å². The summed E-state index contributed by atoms with van der Waals surface area (Å²) in [6, 6.07) is 0. The molecule has 3 nitrogen and oxygen atoms in total. The lowest BCUT2D eigenvalue weighted by atomic mass is 10.1. The molecule has 0 heterocycles. The van der Waals surface area contributed by atoms with E-state index in [1.165, 1.54) is 70.3 Å². The summed E-state index contributed by atoms with van der Waals surface area (Å²) in [5.74, 6) is -2.10. The molecule has 0 aliphatic carbocycles. The van der Waals surface area contributed by atoms with E-state index in [2.05, 4.69) is 6.92 Å². The first-order chi connectivity index (χ1) is 10.1. The predicted molar refractivity (Wildman–Crippen MR) is 89.0 cm³/mol.